The zero-order valence-corrected chi connectivity index (χ0v) is 15.8. The van der Waals surface area contributed by atoms with Crippen LogP contribution in [0, 0.1) is 12.3 Å². The first-order chi connectivity index (χ1) is 12.6. The summed E-state index contributed by atoms with van der Waals surface area (Å²) in [6.45, 7) is 4.57. The number of aromatic nitrogens is 1. The third kappa shape index (κ3) is 3.03. The molecule has 2 aromatic heterocycles. The summed E-state index contributed by atoms with van der Waals surface area (Å²) in [7, 11) is 0. The minimum absolute atomic E-state index is 0.0755. The van der Waals surface area contributed by atoms with Crippen LogP contribution in [0.4, 0.5) is 0 Å². The topological polar surface area (TPSA) is 53.5 Å². The van der Waals surface area contributed by atoms with Crippen molar-refractivity contribution >= 4 is 23.2 Å². The molecule has 26 heavy (non-hydrogen) atoms. The van der Waals surface area contributed by atoms with Crippen molar-refractivity contribution in [3.63, 3.8) is 0 Å². The minimum Gasteiger partial charge on any atom is -0.338 e. The molecular formula is C20H23N3O2S. The lowest BCUT2D eigenvalue weighted by atomic mass is 9.78. The van der Waals surface area contributed by atoms with E-state index in [4.69, 9.17) is 0 Å². The Morgan fingerprint density at radius 3 is 2.92 bits per heavy atom. The Balaban J connectivity index is 1.49. The molecule has 1 spiro atoms. The van der Waals surface area contributed by atoms with E-state index in [1.165, 1.54) is 11.3 Å². The summed E-state index contributed by atoms with van der Waals surface area (Å²) in [5, 5.41) is 1.95. The minimum atomic E-state index is -0.402. The monoisotopic (exact) mass is 369 g/mol. The van der Waals surface area contributed by atoms with Crippen LogP contribution in [0.15, 0.2) is 36.0 Å². The fourth-order valence-corrected chi connectivity index (χ4v) is 5.07. The Morgan fingerprint density at radius 1 is 1.31 bits per heavy atom. The number of likely N-dealkylation sites (tertiary alicyclic amines) is 2. The van der Waals surface area contributed by atoms with E-state index in [-0.39, 0.29) is 11.8 Å². The molecule has 2 saturated heterocycles. The fourth-order valence-electron chi connectivity index (χ4n) is 4.17. The lowest BCUT2D eigenvalue weighted by Crippen LogP contribution is -2.50. The van der Waals surface area contributed by atoms with Gasteiger partial charge in [0.05, 0.1) is 10.3 Å². The maximum atomic E-state index is 13.2. The fraction of sp³-hybridized carbons (Fsp3) is 0.450. The molecule has 0 saturated carbocycles. The Morgan fingerprint density at radius 2 is 2.19 bits per heavy atom. The van der Waals surface area contributed by atoms with Crippen LogP contribution < -0.4 is 0 Å². The molecule has 0 radical (unpaired) electrons. The van der Waals surface area contributed by atoms with Gasteiger partial charge in [0.2, 0.25) is 5.91 Å². The highest BCUT2D eigenvalue weighted by atomic mass is 32.1. The molecule has 0 aliphatic carbocycles. The molecule has 0 bridgehead atoms. The van der Waals surface area contributed by atoms with Crippen molar-refractivity contribution in [2.45, 2.75) is 32.7 Å². The number of carbonyl (C=O) groups is 2. The number of rotatable bonds is 3. The maximum Gasteiger partial charge on any atom is 0.264 e. The van der Waals surface area contributed by atoms with Gasteiger partial charge >= 0.3 is 0 Å². The van der Waals surface area contributed by atoms with Gasteiger partial charge in [-0.2, -0.15) is 0 Å². The van der Waals surface area contributed by atoms with Gasteiger partial charge in [-0.3, -0.25) is 14.6 Å². The number of hydrogen-bond donors (Lipinski definition) is 0. The van der Waals surface area contributed by atoms with Crippen LogP contribution in [-0.2, 0) is 11.3 Å². The van der Waals surface area contributed by atoms with E-state index in [2.05, 4.69) is 4.98 Å². The molecule has 2 aromatic rings. The zero-order valence-electron chi connectivity index (χ0n) is 15.0. The standard InChI is InChI=1S/C20H23N3O2S/c1-15-5-11-26-17(15)18(24)23-10-7-20(14-23)6-3-9-22(19(20)25)13-16-4-2-8-21-12-16/h2,4-5,8,11-12H,3,6-7,9-10,13-14H2,1H3/t20-/m0/s1. The molecule has 1 atom stereocenters. The number of pyridine rings is 1. The van der Waals surface area contributed by atoms with Gasteiger partial charge < -0.3 is 9.80 Å². The normalized spacial score (nSPS) is 23.0. The number of carbonyl (C=O) groups excluding carboxylic acids is 2. The summed E-state index contributed by atoms with van der Waals surface area (Å²) in [5.41, 5.74) is 1.67. The van der Waals surface area contributed by atoms with Gasteiger partial charge in [0.15, 0.2) is 0 Å². The van der Waals surface area contributed by atoms with E-state index in [0.29, 0.717) is 19.6 Å². The third-order valence-corrected chi connectivity index (χ3v) is 6.62. The highest BCUT2D eigenvalue weighted by molar-refractivity contribution is 7.12. The van der Waals surface area contributed by atoms with Crippen LogP contribution in [-0.4, -0.2) is 46.2 Å². The molecule has 0 unspecified atom stereocenters. The SMILES string of the molecule is Cc1ccsc1C(=O)N1CC[C@@]2(CCCN(Cc3cccnc3)C2=O)C1. The largest absolute Gasteiger partial charge is 0.338 e. The Hall–Kier alpha value is -2.21. The quantitative estimate of drug-likeness (QED) is 0.835. The van der Waals surface area contributed by atoms with Gasteiger partial charge in [-0.25, -0.2) is 0 Å². The van der Waals surface area contributed by atoms with Crippen molar-refractivity contribution in [1.29, 1.82) is 0 Å². The second-order valence-electron chi connectivity index (χ2n) is 7.38. The van der Waals surface area contributed by atoms with Gasteiger partial charge in [-0.15, -0.1) is 11.3 Å². The van der Waals surface area contributed by atoms with Gasteiger partial charge in [-0.05, 0) is 54.8 Å². The number of piperidine rings is 1. The van der Waals surface area contributed by atoms with E-state index in [0.717, 1.165) is 41.8 Å². The van der Waals surface area contributed by atoms with Crippen molar-refractivity contribution < 1.29 is 9.59 Å². The van der Waals surface area contributed by atoms with E-state index < -0.39 is 5.41 Å². The number of amides is 2. The zero-order chi connectivity index (χ0) is 18.1. The third-order valence-electron chi connectivity index (χ3n) is 5.62. The number of nitrogens with zero attached hydrogens (tertiary/aromatic N) is 3. The Labute approximate surface area is 157 Å². The predicted octanol–water partition coefficient (Wildman–Crippen LogP) is 3.11. The molecule has 6 heteroatoms. The molecule has 136 valence electrons. The summed E-state index contributed by atoms with van der Waals surface area (Å²) in [6.07, 6.45) is 6.20. The molecule has 4 heterocycles. The molecular weight excluding hydrogens is 346 g/mol. The number of thiophene rings is 1. The van der Waals surface area contributed by atoms with E-state index in [1.807, 2.05) is 46.5 Å². The average molecular weight is 369 g/mol. The molecule has 2 amide bonds. The summed E-state index contributed by atoms with van der Waals surface area (Å²) in [6, 6.07) is 5.88. The van der Waals surface area contributed by atoms with Gasteiger partial charge in [0.25, 0.3) is 5.91 Å². The molecule has 2 aliphatic heterocycles. The second kappa shape index (κ2) is 6.83. The summed E-state index contributed by atoms with van der Waals surface area (Å²) in [5.74, 6) is 0.275. The second-order valence-corrected chi connectivity index (χ2v) is 8.30. The highest BCUT2D eigenvalue weighted by Crippen LogP contribution is 2.41. The molecule has 5 nitrogen and oxygen atoms in total. The van der Waals surface area contributed by atoms with Crippen LogP contribution in [0.5, 0.6) is 0 Å². The summed E-state index contributed by atoms with van der Waals surface area (Å²) in [4.78, 5) is 34.9. The summed E-state index contributed by atoms with van der Waals surface area (Å²) >= 11 is 1.49. The van der Waals surface area contributed by atoms with Crippen molar-refractivity contribution in [3.8, 4) is 0 Å². The number of aryl methyl sites for hydroxylation is 1. The van der Waals surface area contributed by atoms with Crippen LogP contribution in [0.25, 0.3) is 0 Å². The van der Waals surface area contributed by atoms with Crippen LogP contribution in [0.1, 0.15) is 40.1 Å². The Kier molecular flexibility index (Phi) is 4.53. The maximum absolute atomic E-state index is 13.2. The van der Waals surface area contributed by atoms with Gasteiger partial charge in [0.1, 0.15) is 0 Å². The molecule has 2 fully saturated rings. The Bertz CT molecular complexity index is 819. The molecule has 4 rings (SSSR count). The first-order valence-corrected chi connectivity index (χ1v) is 9.99. The lowest BCUT2D eigenvalue weighted by Gasteiger charge is -2.39. The van der Waals surface area contributed by atoms with Crippen LogP contribution >= 0.6 is 11.3 Å². The first-order valence-electron chi connectivity index (χ1n) is 9.11. The lowest BCUT2D eigenvalue weighted by molar-refractivity contribution is -0.146. The molecule has 0 aromatic carbocycles. The number of hydrogen-bond acceptors (Lipinski definition) is 4. The molecule has 0 N–H and O–H groups in total. The van der Waals surface area contributed by atoms with Crippen molar-refractivity contribution in [2.75, 3.05) is 19.6 Å². The predicted molar refractivity (Wildman–Crippen MR) is 101 cm³/mol. The van der Waals surface area contributed by atoms with Crippen molar-refractivity contribution in [3.05, 3.63) is 52.0 Å². The van der Waals surface area contributed by atoms with E-state index in [9.17, 15) is 9.59 Å². The van der Waals surface area contributed by atoms with Crippen LogP contribution in [0.3, 0.4) is 0 Å². The smallest absolute Gasteiger partial charge is 0.264 e. The van der Waals surface area contributed by atoms with Gasteiger partial charge in [-0.1, -0.05) is 6.07 Å². The summed E-state index contributed by atoms with van der Waals surface area (Å²) < 4.78 is 0. The van der Waals surface area contributed by atoms with Gasteiger partial charge in [0, 0.05) is 38.6 Å². The van der Waals surface area contributed by atoms with Crippen LogP contribution in [0.2, 0.25) is 0 Å². The van der Waals surface area contributed by atoms with E-state index in [1.54, 1.807) is 6.20 Å². The van der Waals surface area contributed by atoms with Crippen molar-refractivity contribution in [1.82, 2.24) is 14.8 Å². The first kappa shape index (κ1) is 17.2. The highest BCUT2D eigenvalue weighted by Gasteiger charge is 2.49. The van der Waals surface area contributed by atoms with Crippen molar-refractivity contribution in [2.24, 2.45) is 5.41 Å². The van der Waals surface area contributed by atoms with E-state index >= 15 is 0 Å². The molecule has 2 aliphatic rings. The average Bonchev–Trinajstić information content (AvgIpc) is 3.27.